The van der Waals surface area contributed by atoms with Crippen LogP contribution in [0.15, 0.2) is 41.3 Å². The van der Waals surface area contributed by atoms with Crippen molar-refractivity contribution in [1.29, 1.82) is 0 Å². The van der Waals surface area contributed by atoms with Crippen molar-refractivity contribution in [3.8, 4) is 5.75 Å². The van der Waals surface area contributed by atoms with Crippen LogP contribution in [0.3, 0.4) is 0 Å². The molecule has 0 aliphatic carbocycles. The van der Waals surface area contributed by atoms with E-state index in [2.05, 4.69) is 5.32 Å². The topological polar surface area (TPSA) is 101 Å². The molecule has 0 radical (unpaired) electrons. The zero-order valence-corrected chi connectivity index (χ0v) is 20.3. The van der Waals surface area contributed by atoms with Crippen molar-refractivity contribution in [2.45, 2.75) is 38.8 Å². The molecule has 2 aromatic carbocycles. The minimum atomic E-state index is -1.36. The molecule has 0 unspecified atom stereocenters. The smallest absolute Gasteiger partial charge is 0.341 e. The summed E-state index contributed by atoms with van der Waals surface area (Å²) in [6.07, 6.45) is 2.07. The maximum atomic E-state index is 14.7. The van der Waals surface area contributed by atoms with Crippen LogP contribution >= 0.6 is 11.6 Å². The number of aliphatic hydroxyl groups is 1. The number of rotatable bonds is 8. The molecule has 0 amide bonds. The number of carboxylic acid groups (broad SMARTS) is 1. The number of benzene rings is 2. The van der Waals surface area contributed by atoms with E-state index in [0.717, 1.165) is 13.0 Å². The molecule has 1 fully saturated rings. The summed E-state index contributed by atoms with van der Waals surface area (Å²) in [4.78, 5) is 25.1. The molecule has 1 aromatic heterocycles. The molecule has 9 heteroatoms. The summed E-state index contributed by atoms with van der Waals surface area (Å²) in [7, 11) is 0. The van der Waals surface area contributed by atoms with Gasteiger partial charge in [0.05, 0.1) is 23.2 Å². The second-order valence-electron chi connectivity index (χ2n) is 9.18. The number of carbonyl (C=O) groups is 1. The minimum absolute atomic E-state index is 0.0102. The van der Waals surface area contributed by atoms with Crippen molar-refractivity contribution in [2.75, 3.05) is 19.7 Å². The van der Waals surface area contributed by atoms with Crippen molar-refractivity contribution < 1.29 is 24.1 Å². The molecule has 3 aromatic rings. The standard InChI is InChI=1S/C26H28ClFN2O5/c1-14(2)22(13-31)30-12-19(26(33)34)25(32)18-9-16(8-15-4-3-5-20(27)24(15)28)23(10-21(18)30)35-17-6-7-29-11-17/h3-5,9-10,12,14,17,22,29,31H,6-8,11,13H2,1-2H3,(H,33,34)/t17-,22+/m0/s1. The van der Waals surface area contributed by atoms with Gasteiger partial charge in [-0.2, -0.15) is 0 Å². The first-order valence-corrected chi connectivity index (χ1v) is 11.9. The molecule has 35 heavy (non-hydrogen) atoms. The lowest BCUT2D eigenvalue weighted by atomic mass is 9.98. The Morgan fingerprint density at radius 3 is 2.71 bits per heavy atom. The second kappa shape index (κ2) is 10.4. The van der Waals surface area contributed by atoms with E-state index in [9.17, 15) is 24.2 Å². The molecular formula is C26H28ClFN2O5. The molecule has 1 aliphatic rings. The lowest BCUT2D eigenvalue weighted by molar-refractivity contribution is 0.0694. The molecule has 2 atom stereocenters. The summed E-state index contributed by atoms with van der Waals surface area (Å²) in [5.41, 5.74) is 0.276. The summed E-state index contributed by atoms with van der Waals surface area (Å²) in [5.74, 6) is -1.48. The minimum Gasteiger partial charge on any atom is -0.489 e. The predicted molar refractivity (Wildman–Crippen MR) is 132 cm³/mol. The molecule has 2 heterocycles. The number of nitrogens with one attached hydrogen (secondary N) is 1. The van der Waals surface area contributed by atoms with Gasteiger partial charge >= 0.3 is 5.97 Å². The second-order valence-corrected chi connectivity index (χ2v) is 9.58. The van der Waals surface area contributed by atoms with E-state index in [1.54, 1.807) is 28.8 Å². The van der Waals surface area contributed by atoms with Crippen LogP contribution in [0.25, 0.3) is 10.9 Å². The van der Waals surface area contributed by atoms with Gasteiger partial charge in [-0.15, -0.1) is 0 Å². The molecular weight excluding hydrogens is 475 g/mol. The van der Waals surface area contributed by atoms with Crippen LogP contribution in [0.1, 0.15) is 47.8 Å². The Hall–Kier alpha value is -2.94. The fraction of sp³-hybridized carbons (Fsp3) is 0.385. The summed E-state index contributed by atoms with van der Waals surface area (Å²) >= 11 is 5.98. The van der Waals surface area contributed by atoms with Gasteiger partial charge in [-0.25, -0.2) is 9.18 Å². The van der Waals surface area contributed by atoms with E-state index < -0.39 is 28.8 Å². The van der Waals surface area contributed by atoms with E-state index in [0.29, 0.717) is 28.9 Å². The van der Waals surface area contributed by atoms with Crippen LogP contribution in [0.2, 0.25) is 5.02 Å². The number of halogens is 2. The monoisotopic (exact) mass is 502 g/mol. The first kappa shape index (κ1) is 25.2. The van der Waals surface area contributed by atoms with Crippen LogP contribution in [0, 0.1) is 11.7 Å². The van der Waals surface area contributed by atoms with Crippen molar-refractivity contribution in [3.05, 3.63) is 74.3 Å². The number of nitrogens with zero attached hydrogens (tertiary/aromatic N) is 1. The number of aromatic carboxylic acids is 1. The van der Waals surface area contributed by atoms with Gasteiger partial charge in [0.1, 0.15) is 23.2 Å². The molecule has 0 saturated carbocycles. The number of pyridine rings is 1. The average Bonchev–Trinajstić information content (AvgIpc) is 3.32. The number of hydrogen-bond donors (Lipinski definition) is 3. The Bertz CT molecular complexity index is 1320. The average molecular weight is 503 g/mol. The van der Waals surface area contributed by atoms with Crippen LogP contribution in [-0.2, 0) is 6.42 Å². The van der Waals surface area contributed by atoms with Crippen LogP contribution in [-0.4, -0.2) is 46.5 Å². The number of aromatic nitrogens is 1. The Morgan fingerprint density at radius 1 is 1.31 bits per heavy atom. The maximum Gasteiger partial charge on any atom is 0.341 e. The van der Waals surface area contributed by atoms with Crippen molar-refractivity contribution in [1.82, 2.24) is 9.88 Å². The fourth-order valence-electron chi connectivity index (χ4n) is 4.51. The van der Waals surface area contributed by atoms with Gasteiger partial charge in [0, 0.05) is 30.6 Å². The van der Waals surface area contributed by atoms with Crippen LogP contribution < -0.4 is 15.5 Å². The lowest BCUT2D eigenvalue weighted by Crippen LogP contribution is -2.26. The lowest BCUT2D eigenvalue weighted by Gasteiger charge is -2.26. The summed E-state index contributed by atoms with van der Waals surface area (Å²) in [5, 5.41) is 23.2. The van der Waals surface area contributed by atoms with E-state index in [1.165, 1.54) is 12.3 Å². The third-order valence-corrected chi connectivity index (χ3v) is 6.77. The molecule has 0 bridgehead atoms. The normalized spacial score (nSPS) is 16.7. The number of ether oxygens (including phenoxy) is 1. The van der Waals surface area contributed by atoms with Crippen molar-refractivity contribution in [2.24, 2.45) is 5.92 Å². The molecule has 7 nitrogen and oxygen atoms in total. The first-order valence-electron chi connectivity index (χ1n) is 11.6. The zero-order chi connectivity index (χ0) is 25.3. The Balaban J connectivity index is 1.97. The summed E-state index contributed by atoms with van der Waals surface area (Å²) in [6, 6.07) is 7.53. The number of carboxylic acids is 1. The van der Waals surface area contributed by atoms with Gasteiger partial charge in [0.25, 0.3) is 0 Å². The highest BCUT2D eigenvalue weighted by Gasteiger charge is 2.25. The number of fused-ring (bicyclic) bond motifs is 1. The van der Waals surface area contributed by atoms with Gasteiger partial charge in [-0.05, 0) is 42.1 Å². The predicted octanol–water partition coefficient (Wildman–Crippen LogP) is 4.01. The number of hydrogen-bond acceptors (Lipinski definition) is 5. The third kappa shape index (κ3) is 5.05. The van der Waals surface area contributed by atoms with Gasteiger partial charge in [-0.1, -0.05) is 37.6 Å². The Labute approximate surface area is 207 Å². The largest absolute Gasteiger partial charge is 0.489 e. The molecule has 1 aliphatic heterocycles. The molecule has 186 valence electrons. The summed E-state index contributed by atoms with van der Waals surface area (Å²) in [6.45, 7) is 5.03. The maximum absolute atomic E-state index is 14.7. The van der Waals surface area contributed by atoms with Gasteiger partial charge in [-0.3, -0.25) is 4.79 Å². The van der Waals surface area contributed by atoms with E-state index in [1.807, 2.05) is 13.8 Å². The van der Waals surface area contributed by atoms with E-state index in [-0.39, 0.29) is 35.5 Å². The van der Waals surface area contributed by atoms with Crippen molar-refractivity contribution in [3.63, 3.8) is 0 Å². The van der Waals surface area contributed by atoms with Gasteiger partial charge in [0.15, 0.2) is 0 Å². The highest BCUT2D eigenvalue weighted by molar-refractivity contribution is 6.30. The van der Waals surface area contributed by atoms with E-state index in [4.69, 9.17) is 16.3 Å². The molecule has 0 spiro atoms. The Kier molecular flexibility index (Phi) is 7.44. The molecule has 4 rings (SSSR count). The first-order chi connectivity index (χ1) is 16.7. The SMILES string of the molecule is CC(C)[C@@H](CO)n1cc(C(=O)O)c(=O)c2cc(Cc3cccc(Cl)c3F)c(O[C@H]3CCNC3)cc21. The van der Waals surface area contributed by atoms with Gasteiger partial charge < -0.3 is 24.8 Å². The fourth-order valence-corrected chi connectivity index (χ4v) is 4.71. The number of aliphatic hydroxyl groups excluding tert-OH is 1. The van der Waals surface area contributed by atoms with Crippen molar-refractivity contribution >= 4 is 28.5 Å². The van der Waals surface area contributed by atoms with Crippen LogP contribution in [0.4, 0.5) is 4.39 Å². The highest BCUT2D eigenvalue weighted by atomic mass is 35.5. The van der Waals surface area contributed by atoms with Crippen LogP contribution in [0.5, 0.6) is 5.75 Å². The summed E-state index contributed by atoms with van der Waals surface area (Å²) < 4.78 is 22.7. The highest BCUT2D eigenvalue weighted by Crippen LogP contribution is 2.32. The molecule has 1 saturated heterocycles. The Morgan fingerprint density at radius 2 is 2.09 bits per heavy atom. The van der Waals surface area contributed by atoms with E-state index >= 15 is 0 Å². The third-order valence-electron chi connectivity index (χ3n) is 6.48. The molecule has 3 N–H and O–H groups in total. The van der Waals surface area contributed by atoms with Gasteiger partial charge in [0.2, 0.25) is 5.43 Å². The zero-order valence-electron chi connectivity index (χ0n) is 19.6. The quantitative estimate of drug-likeness (QED) is 0.430.